The first kappa shape index (κ1) is 11.6. The van der Waals surface area contributed by atoms with Crippen molar-refractivity contribution in [1.82, 2.24) is 0 Å². The number of ether oxygens (including phenoxy) is 1. The summed E-state index contributed by atoms with van der Waals surface area (Å²) in [6.07, 6.45) is 0. The van der Waals surface area contributed by atoms with E-state index >= 15 is 0 Å². The maximum atomic E-state index is 12.9. The first-order valence-electron chi connectivity index (χ1n) is 3.68. The van der Waals surface area contributed by atoms with Gasteiger partial charge in [0.25, 0.3) is 0 Å². The maximum Gasteiger partial charge on any atom is 0.380 e. The smallest absolute Gasteiger partial charge is 0.380 e. The van der Waals surface area contributed by atoms with Crippen molar-refractivity contribution in [3.05, 3.63) is 21.9 Å². The molecule has 0 aliphatic rings. The highest BCUT2D eigenvalue weighted by atomic mass is 32.1. The zero-order valence-corrected chi connectivity index (χ0v) is 8.31. The Kier molecular flexibility index (Phi) is 3.04. The van der Waals surface area contributed by atoms with Gasteiger partial charge in [-0.25, -0.2) is 9.59 Å². The average Bonchev–Trinajstić information content (AvgIpc) is 2.65. The maximum absolute atomic E-state index is 12.9. The Labute approximate surface area is 87.1 Å². The number of hydrogen-bond acceptors (Lipinski definition) is 4. The Morgan fingerprint density at radius 1 is 1.53 bits per heavy atom. The van der Waals surface area contributed by atoms with Crippen LogP contribution in [0.1, 0.15) is 15.2 Å². The van der Waals surface area contributed by atoms with Gasteiger partial charge >= 0.3 is 17.9 Å². The summed E-state index contributed by atoms with van der Waals surface area (Å²) in [5, 5.41) is 9.36. The van der Waals surface area contributed by atoms with Crippen LogP contribution in [-0.4, -0.2) is 24.2 Å². The lowest BCUT2D eigenvalue weighted by Gasteiger charge is -2.07. The van der Waals surface area contributed by atoms with Crippen molar-refractivity contribution < 1.29 is 28.2 Å². The second-order valence-corrected chi connectivity index (χ2v) is 3.48. The fourth-order valence-corrected chi connectivity index (χ4v) is 1.68. The summed E-state index contributed by atoms with van der Waals surface area (Å²) in [6.45, 7) is 0. The fraction of sp³-hybridized carbons (Fsp3) is 0.250. The molecule has 1 aromatic rings. The summed E-state index contributed by atoms with van der Waals surface area (Å²) < 4.78 is 30.1. The number of aliphatic carboxylic acids is 1. The molecule has 7 heteroatoms. The molecule has 0 spiro atoms. The zero-order chi connectivity index (χ0) is 11.6. The molecule has 0 radical (unpaired) electrons. The topological polar surface area (TPSA) is 63.6 Å². The highest BCUT2D eigenvalue weighted by Crippen LogP contribution is 2.33. The van der Waals surface area contributed by atoms with E-state index < -0.39 is 22.7 Å². The van der Waals surface area contributed by atoms with E-state index in [0.29, 0.717) is 11.3 Å². The van der Waals surface area contributed by atoms with Gasteiger partial charge in [0.2, 0.25) is 0 Å². The van der Waals surface area contributed by atoms with Gasteiger partial charge in [-0.1, -0.05) is 0 Å². The molecule has 1 aromatic heterocycles. The van der Waals surface area contributed by atoms with Crippen LogP contribution in [0.2, 0.25) is 0 Å². The van der Waals surface area contributed by atoms with E-state index in [4.69, 9.17) is 5.11 Å². The molecule has 0 amide bonds. The molecular weight excluding hydrogens is 230 g/mol. The summed E-state index contributed by atoms with van der Waals surface area (Å²) in [5.74, 6) is -7.00. The minimum absolute atomic E-state index is 0.0848. The molecule has 1 rings (SSSR count). The molecule has 0 fully saturated rings. The molecule has 0 saturated carbocycles. The zero-order valence-electron chi connectivity index (χ0n) is 7.49. The van der Waals surface area contributed by atoms with Crippen LogP contribution >= 0.6 is 11.3 Å². The highest BCUT2D eigenvalue weighted by molar-refractivity contribution is 7.10. The van der Waals surface area contributed by atoms with Gasteiger partial charge in [0.1, 0.15) is 0 Å². The molecule has 0 aliphatic carbocycles. The van der Waals surface area contributed by atoms with Gasteiger partial charge in [-0.05, 0) is 6.07 Å². The monoisotopic (exact) mass is 236 g/mol. The van der Waals surface area contributed by atoms with Gasteiger partial charge in [-0.3, -0.25) is 0 Å². The molecule has 0 aromatic carbocycles. The molecule has 1 heterocycles. The fourth-order valence-electron chi connectivity index (χ4n) is 0.831. The van der Waals surface area contributed by atoms with Crippen molar-refractivity contribution in [1.29, 1.82) is 0 Å². The molecule has 0 unspecified atom stereocenters. The number of rotatable bonds is 3. The van der Waals surface area contributed by atoms with Crippen LogP contribution < -0.4 is 0 Å². The number of halogens is 2. The predicted octanol–water partition coefficient (Wildman–Crippen LogP) is 1.71. The van der Waals surface area contributed by atoms with Gasteiger partial charge in [-0.2, -0.15) is 8.78 Å². The molecule has 0 saturated heterocycles. The quantitative estimate of drug-likeness (QED) is 0.811. The lowest BCUT2D eigenvalue weighted by atomic mass is 10.2. The molecule has 0 atom stereocenters. The lowest BCUT2D eigenvalue weighted by molar-refractivity contribution is -0.165. The van der Waals surface area contributed by atoms with Crippen LogP contribution in [0, 0.1) is 0 Å². The van der Waals surface area contributed by atoms with E-state index in [-0.39, 0.29) is 5.56 Å². The number of carbonyl (C=O) groups excluding carboxylic acids is 1. The Balaban J connectivity index is 3.04. The number of carboxylic acids is 1. The number of thiophene rings is 1. The van der Waals surface area contributed by atoms with E-state index in [2.05, 4.69) is 4.74 Å². The summed E-state index contributed by atoms with van der Waals surface area (Å²) in [6, 6.07) is 0.810. The lowest BCUT2D eigenvalue weighted by Crippen LogP contribution is -2.24. The third-order valence-electron chi connectivity index (χ3n) is 1.60. The number of carbonyl (C=O) groups is 2. The second-order valence-electron chi connectivity index (χ2n) is 2.57. The average molecular weight is 236 g/mol. The number of methoxy groups -OCH3 is 1. The van der Waals surface area contributed by atoms with Gasteiger partial charge in [0, 0.05) is 5.38 Å². The Morgan fingerprint density at radius 3 is 2.60 bits per heavy atom. The van der Waals surface area contributed by atoms with Crippen LogP contribution in [0.15, 0.2) is 11.4 Å². The van der Waals surface area contributed by atoms with Crippen LogP contribution in [0.4, 0.5) is 8.78 Å². The standard InChI is InChI=1S/C8H6F2O4S/c1-14-6(11)4-2-5(15-3-4)8(9,10)7(12)13/h2-3H,1H3,(H,12,13). The van der Waals surface area contributed by atoms with E-state index in [1.54, 1.807) is 0 Å². The summed E-state index contributed by atoms with van der Waals surface area (Å²) in [4.78, 5) is 20.4. The van der Waals surface area contributed by atoms with Crippen molar-refractivity contribution in [2.75, 3.05) is 7.11 Å². The molecule has 1 N–H and O–H groups in total. The van der Waals surface area contributed by atoms with Crippen LogP contribution in [0.3, 0.4) is 0 Å². The Morgan fingerprint density at radius 2 is 2.13 bits per heavy atom. The number of esters is 1. The van der Waals surface area contributed by atoms with Gasteiger partial charge in [0.15, 0.2) is 0 Å². The SMILES string of the molecule is COC(=O)c1csc(C(F)(F)C(=O)O)c1. The van der Waals surface area contributed by atoms with E-state index in [1.807, 2.05) is 0 Å². The van der Waals surface area contributed by atoms with Crippen molar-refractivity contribution in [3.8, 4) is 0 Å². The first-order chi connectivity index (χ1) is 6.89. The molecule has 15 heavy (non-hydrogen) atoms. The van der Waals surface area contributed by atoms with Gasteiger partial charge in [-0.15, -0.1) is 11.3 Å². The predicted molar refractivity (Wildman–Crippen MR) is 47.2 cm³/mol. The van der Waals surface area contributed by atoms with Crippen molar-refractivity contribution in [3.63, 3.8) is 0 Å². The van der Waals surface area contributed by atoms with E-state index in [1.165, 1.54) is 0 Å². The number of hydrogen-bond donors (Lipinski definition) is 1. The van der Waals surface area contributed by atoms with E-state index in [9.17, 15) is 18.4 Å². The largest absolute Gasteiger partial charge is 0.477 e. The number of alkyl halides is 2. The first-order valence-corrected chi connectivity index (χ1v) is 4.56. The normalized spacial score (nSPS) is 11.1. The summed E-state index contributed by atoms with van der Waals surface area (Å²) in [5.41, 5.74) is -0.0848. The summed E-state index contributed by atoms with van der Waals surface area (Å²) in [7, 11) is 1.11. The highest BCUT2D eigenvalue weighted by Gasteiger charge is 2.42. The van der Waals surface area contributed by atoms with Gasteiger partial charge < -0.3 is 9.84 Å². The molecule has 0 bridgehead atoms. The van der Waals surface area contributed by atoms with Crippen LogP contribution in [-0.2, 0) is 15.5 Å². The molecule has 82 valence electrons. The minimum atomic E-state index is -3.98. The Hall–Kier alpha value is -1.50. The second kappa shape index (κ2) is 3.93. The van der Waals surface area contributed by atoms with Gasteiger partial charge in [0.05, 0.1) is 17.6 Å². The Bertz CT molecular complexity index is 399. The summed E-state index contributed by atoms with van der Waals surface area (Å²) >= 11 is 0.497. The number of carboxylic acid groups (broad SMARTS) is 1. The molecule has 4 nitrogen and oxygen atoms in total. The third-order valence-corrected chi connectivity index (χ3v) is 2.60. The molecular formula is C8H6F2O4S. The van der Waals surface area contributed by atoms with Crippen LogP contribution in [0.25, 0.3) is 0 Å². The van der Waals surface area contributed by atoms with Crippen molar-refractivity contribution in [2.24, 2.45) is 0 Å². The van der Waals surface area contributed by atoms with Crippen LogP contribution in [0.5, 0.6) is 0 Å². The molecule has 0 aliphatic heterocycles. The van der Waals surface area contributed by atoms with E-state index in [0.717, 1.165) is 18.6 Å². The van der Waals surface area contributed by atoms with Crippen molar-refractivity contribution in [2.45, 2.75) is 5.92 Å². The van der Waals surface area contributed by atoms with Crippen molar-refractivity contribution >= 4 is 23.3 Å². The third kappa shape index (κ3) is 2.12. The minimum Gasteiger partial charge on any atom is -0.477 e.